The SMILES string of the molecule is O=c1[nH]c2ccc(S(=O)(=O)NCCc3cocn3)cc2[nH]1. The molecule has 3 rings (SSSR count). The number of hydrogen-bond acceptors (Lipinski definition) is 5. The summed E-state index contributed by atoms with van der Waals surface area (Å²) in [6, 6.07) is 4.38. The molecule has 0 radical (unpaired) electrons. The zero-order chi connectivity index (χ0) is 14.9. The van der Waals surface area contributed by atoms with Gasteiger partial charge in [-0.2, -0.15) is 0 Å². The van der Waals surface area contributed by atoms with Crippen molar-refractivity contribution in [3.8, 4) is 0 Å². The first kappa shape index (κ1) is 13.6. The van der Waals surface area contributed by atoms with Crippen molar-refractivity contribution in [1.29, 1.82) is 0 Å². The van der Waals surface area contributed by atoms with Gasteiger partial charge in [-0.3, -0.25) is 0 Å². The molecule has 0 aliphatic carbocycles. The van der Waals surface area contributed by atoms with Crippen LogP contribution in [0.5, 0.6) is 0 Å². The van der Waals surface area contributed by atoms with Crippen LogP contribution in [0.15, 0.2) is 45.0 Å². The van der Waals surface area contributed by atoms with Crippen molar-refractivity contribution >= 4 is 21.1 Å². The summed E-state index contributed by atoms with van der Waals surface area (Å²) in [5.74, 6) is 0. The van der Waals surface area contributed by atoms with E-state index in [4.69, 9.17) is 4.42 Å². The molecular weight excluding hydrogens is 296 g/mol. The zero-order valence-electron chi connectivity index (χ0n) is 10.8. The predicted molar refractivity (Wildman–Crippen MR) is 74.3 cm³/mol. The molecule has 0 bridgehead atoms. The van der Waals surface area contributed by atoms with Crippen LogP contribution in [-0.4, -0.2) is 29.9 Å². The molecule has 8 nitrogen and oxygen atoms in total. The third-order valence-electron chi connectivity index (χ3n) is 2.95. The number of benzene rings is 1. The largest absolute Gasteiger partial charge is 0.451 e. The molecule has 9 heteroatoms. The van der Waals surface area contributed by atoms with Crippen LogP contribution in [-0.2, 0) is 16.4 Å². The van der Waals surface area contributed by atoms with Gasteiger partial charge in [0.1, 0.15) is 6.26 Å². The minimum Gasteiger partial charge on any atom is -0.451 e. The summed E-state index contributed by atoms with van der Waals surface area (Å²) in [6.07, 6.45) is 3.18. The number of sulfonamides is 1. The Morgan fingerprint density at radius 3 is 2.81 bits per heavy atom. The highest BCUT2D eigenvalue weighted by Crippen LogP contribution is 2.14. The van der Waals surface area contributed by atoms with Crippen molar-refractivity contribution in [3.63, 3.8) is 0 Å². The second kappa shape index (κ2) is 5.19. The number of fused-ring (bicyclic) bond motifs is 1. The van der Waals surface area contributed by atoms with Crippen LogP contribution in [0.4, 0.5) is 0 Å². The maximum absolute atomic E-state index is 12.2. The zero-order valence-corrected chi connectivity index (χ0v) is 11.6. The van der Waals surface area contributed by atoms with Gasteiger partial charge in [0, 0.05) is 13.0 Å². The van der Waals surface area contributed by atoms with Crippen LogP contribution in [0.3, 0.4) is 0 Å². The molecule has 2 aromatic heterocycles. The van der Waals surface area contributed by atoms with Gasteiger partial charge < -0.3 is 14.4 Å². The number of aromatic nitrogens is 3. The Hall–Kier alpha value is -2.39. The number of aromatic amines is 2. The maximum atomic E-state index is 12.2. The molecule has 21 heavy (non-hydrogen) atoms. The third kappa shape index (κ3) is 2.88. The number of imidazole rings is 1. The molecule has 0 saturated heterocycles. The van der Waals surface area contributed by atoms with Gasteiger partial charge in [0.25, 0.3) is 0 Å². The monoisotopic (exact) mass is 308 g/mol. The summed E-state index contributed by atoms with van der Waals surface area (Å²) in [5.41, 5.74) is 1.29. The Balaban J connectivity index is 1.77. The average Bonchev–Trinajstić information content (AvgIpc) is 3.05. The van der Waals surface area contributed by atoms with Gasteiger partial charge in [0.2, 0.25) is 10.0 Å². The molecule has 0 amide bonds. The molecule has 0 spiro atoms. The number of nitrogens with one attached hydrogen (secondary N) is 3. The minimum atomic E-state index is -3.64. The Morgan fingerprint density at radius 1 is 1.24 bits per heavy atom. The molecule has 3 N–H and O–H groups in total. The lowest BCUT2D eigenvalue weighted by Crippen LogP contribution is -2.26. The van der Waals surface area contributed by atoms with E-state index in [1.807, 2.05) is 0 Å². The standard InChI is InChI=1S/C12H12N4O4S/c17-12-15-10-2-1-9(5-11(10)16-12)21(18,19)14-4-3-8-6-20-7-13-8/h1-2,5-7,14H,3-4H2,(H2,15,16,17). The van der Waals surface area contributed by atoms with E-state index in [9.17, 15) is 13.2 Å². The fraction of sp³-hybridized carbons (Fsp3) is 0.167. The lowest BCUT2D eigenvalue weighted by Gasteiger charge is -2.05. The lowest BCUT2D eigenvalue weighted by molar-refractivity contribution is 0.555. The highest BCUT2D eigenvalue weighted by Gasteiger charge is 2.14. The van der Waals surface area contributed by atoms with E-state index >= 15 is 0 Å². The van der Waals surface area contributed by atoms with Crippen LogP contribution in [0.1, 0.15) is 5.69 Å². The summed E-state index contributed by atoms with van der Waals surface area (Å²) in [5, 5.41) is 0. The Kier molecular flexibility index (Phi) is 3.35. The topological polar surface area (TPSA) is 121 Å². The molecule has 2 heterocycles. The van der Waals surface area contributed by atoms with Gasteiger partial charge in [-0.25, -0.2) is 22.9 Å². The molecule has 0 unspecified atom stereocenters. The number of hydrogen-bond donors (Lipinski definition) is 3. The third-order valence-corrected chi connectivity index (χ3v) is 4.41. The van der Waals surface area contributed by atoms with E-state index in [2.05, 4.69) is 19.7 Å². The summed E-state index contributed by atoms with van der Waals surface area (Å²) >= 11 is 0. The van der Waals surface area contributed by atoms with E-state index in [0.717, 1.165) is 0 Å². The second-order valence-electron chi connectivity index (χ2n) is 4.41. The van der Waals surface area contributed by atoms with E-state index in [1.54, 1.807) is 6.07 Å². The fourth-order valence-corrected chi connectivity index (χ4v) is 2.99. The molecule has 0 atom stereocenters. The molecule has 0 aliphatic rings. The van der Waals surface area contributed by atoms with Crippen molar-refractivity contribution < 1.29 is 12.8 Å². The van der Waals surface area contributed by atoms with Crippen LogP contribution in [0.25, 0.3) is 11.0 Å². The summed E-state index contributed by atoms with van der Waals surface area (Å²) in [4.78, 5) is 20.2. The van der Waals surface area contributed by atoms with Gasteiger partial charge in [-0.05, 0) is 18.2 Å². The van der Waals surface area contributed by atoms with E-state index in [-0.39, 0.29) is 17.1 Å². The highest BCUT2D eigenvalue weighted by molar-refractivity contribution is 7.89. The smallest absolute Gasteiger partial charge is 0.323 e. The van der Waals surface area contributed by atoms with Crippen molar-refractivity contribution in [2.24, 2.45) is 0 Å². The summed E-state index contributed by atoms with van der Waals surface area (Å²) < 4.78 is 31.6. The number of H-pyrrole nitrogens is 2. The first-order chi connectivity index (χ1) is 10.0. The van der Waals surface area contributed by atoms with Crippen molar-refractivity contribution in [1.82, 2.24) is 19.7 Å². The number of nitrogens with zero attached hydrogens (tertiary/aromatic N) is 1. The van der Waals surface area contributed by atoms with Gasteiger partial charge in [-0.15, -0.1) is 0 Å². The summed E-state index contributed by atoms with van der Waals surface area (Å²) in [7, 11) is -3.64. The van der Waals surface area contributed by atoms with Gasteiger partial charge in [0.05, 0.1) is 21.6 Å². The summed E-state index contributed by atoms with van der Waals surface area (Å²) in [6.45, 7) is 0.205. The second-order valence-corrected chi connectivity index (χ2v) is 6.18. The predicted octanol–water partition coefficient (Wildman–Crippen LogP) is 0.365. The molecule has 0 aliphatic heterocycles. The quantitative estimate of drug-likeness (QED) is 0.628. The molecule has 3 aromatic rings. The van der Waals surface area contributed by atoms with E-state index in [1.165, 1.54) is 24.8 Å². The van der Waals surface area contributed by atoms with Gasteiger partial charge >= 0.3 is 5.69 Å². The van der Waals surface area contributed by atoms with Crippen molar-refractivity contribution in [3.05, 3.63) is 47.0 Å². The highest BCUT2D eigenvalue weighted by atomic mass is 32.2. The van der Waals surface area contributed by atoms with Crippen LogP contribution in [0, 0.1) is 0 Å². The minimum absolute atomic E-state index is 0.0883. The average molecular weight is 308 g/mol. The number of oxazole rings is 1. The lowest BCUT2D eigenvalue weighted by atomic mass is 10.3. The van der Waals surface area contributed by atoms with E-state index < -0.39 is 10.0 Å². The first-order valence-corrected chi connectivity index (χ1v) is 7.62. The Morgan fingerprint density at radius 2 is 2.05 bits per heavy atom. The first-order valence-electron chi connectivity index (χ1n) is 6.13. The Labute approximate surface area is 119 Å². The molecule has 1 aromatic carbocycles. The Bertz CT molecular complexity index is 908. The van der Waals surface area contributed by atoms with E-state index in [0.29, 0.717) is 23.1 Å². The van der Waals surface area contributed by atoms with Crippen LogP contribution < -0.4 is 10.4 Å². The molecule has 0 saturated carbocycles. The normalized spacial score (nSPS) is 12.0. The molecule has 0 fully saturated rings. The van der Waals surface area contributed by atoms with Crippen molar-refractivity contribution in [2.75, 3.05) is 6.54 Å². The number of rotatable bonds is 5. The van der Waals surface area contributed by atoms with Gasteiger partial charge in [-0.1, -0.05) is 0 Å². The fourth-order valence-electron chi connectivity index (χ4n) is 1.94. The van der Waals surface area contributed by atoms with Crippen LogP contribution >= 0.6 is 0 Å². The molecular formula is C12H12N4O4S. The van der Waals surface area contributed by atoms with Gasteiger partial charge in [0.15, 0.2) is 6.39 Å². The maximum Gasteiger partial charge on any atom is 0.323 e. The van der Waals surface area contributed by atoms with Crippen LogP contribution in [0.2, 0.25) is 0 Å². The van der Waals surface area contributed by atoms with Crippen molar-refractivity contribution in [2.45, 2.75) is 11.3 Å². The molecule has 110 valence electrons.